The van der Waals surface area contributed by atoms with Crippen molar-refractivity contribution in [3.05, 3.63) is 30.3 Å². The summed E-state index contributed by atoms with van der Waals surface area (Å²) in [6, 6.07) is 7.41. The number of nitrogens with one attached hydrogen (secondary N) is 1. The highest BCUT2D eigenvalue weighted by atomic mass is 31.3. The summed E-state index contributed by atoms with van der Waals surface area (Å²) >= 11 is 0. The van der Waals surface area contributed by atoms with E-state index in [1.165, 1.54) is 29.5 Å². The van der Waals surface area contributed by atoms with Crippen LogP contribution in [0.5, 0.6) is 5.75 Å². The largest absolute Gasteiger partial charge is 0.424 e. The van der Waals surface area contributed by atoms with E-state index in [9.17, 15) is 21.0 Å². The van der Waals surface area contributed by atoms with Gasteiger partial charge in [0.15, 0.2) is 0 Å². The lowest BCUT2D eigenvalue weighted by molar-refractivity contribution is 0.270. The minimum Gasteiger partial charge on any atom is -0.400 e. The van der Waals surface area contributed by atoms with Crippen LogP contribution in [-0.2, 0) is 0 Å². The predicted octanol–water partition coefficient (Wildman–Crippen LogP) is 6.27. The lowest BCUT2D eigenvalue weighted by atomic mass is 10.3. The average molecular weight is 338 g/mol. The first-order valence-corrected chi connectivity index (χ1v) is 9.13. The minimum absolute atomic E-state index is 0.0516. The number of halogens is 5. The lowest BCUT2D eigenvalue weighted by Gasteiger charge is -2.17. The molecule has 0 saturated carbocycles. The van der Waals surface area contributed by atoms with Gasteiger partial charge in [-0.05, 0) is 12.1 Å². The maximum Gasteiger partial charge on any atom is 0.424 e. The third-order valence-electron chi connectivity index (χ3n) is 1.69. The van der Waals surface area contributed by atoms with E-state index in [0.29, 0.717) is 0 Å². The molecule has 0 spiro atoms. The van der Waals surface area contributed by atoms with Crippen LogP contribution in [0.4, 0.5) is 21.0 Å². The van der Waals surface area contributed by atoms with Gasteiger partial charge in [0.1, 0.15) is 5.75 Å². The minimum atomic E-state index is -5.71. The molecule has 1 aromatic carbocycles. The van der Waals surface area contributed by atoms with Gasteiger partial charge in [-0.1, -0.05) is 23.4 Å². The van der Waals surface area contributed by atoms with Crippen LogP contribution in [-0.4, -0.2) is 0 Å². The Morgan fingerprint density at radius 2 is 1.42 bits per heavy atom. The van der Waals surface area contributed by atoms with Gasteiger partial charge in [0, 0.05) is 0 Å². The van der Waals surface area contributed by atoms with Crippen molar-refractivity contribution in [1.82, 2.24) is 5.25 Å². The molecule has 1 atom stereocenters. The average Bonchev–Trinajstić information content (AvgIpc) is 2.23. The maximum atomic E-state index is 13.8. The molecule has 19 heavy (non-hydrogen) atoms. The van der Waals surface area contributed by atoms with Crippen molar-refractivity contribution < 1.29 is 25.8 Å². The summed E-state index contributed by atoms with van der Waals surface area (Å²) in [7, 11) is -16.4. The number of rotatable bonds is 3. The smallest absolute Gasteiger partial charge is 0.400 e. The van der Waals surface area contributed by atoms with E-state index in [1.54, 1.807) is 6.07 Å². The highest BCUT2D eigenvalue weighted by Crippen LogP contribution is 2.80. The molecule has 13 heteroatoms. The Morgan fingerprint density at radius 1 is 0.842 bits per heavy atom. The summed E-state index contributed by atoms with van der Waals surface area (Å²) in [6.07, 6.45) is 0. The Kier molecular flexibility index (Phi) is 3.89. The zero-order chi connectivity index (χ0) is 14.1. The topological polar surface area (TPSA) is 58.3 Å². The zero-order valence-corrected chi connectivity index (χ0v) is 11.6. The molecule has 0 fully saturated rings. The van der Waals surface area contributed by atoms with Crippen LogP contribution in [0.25, 0.3) is 0 Å². The van der Waals surface area contributed by atoms with E-state index in [0.717, 1.165) is 0 Å². The summed E-state index contributed by atoms with van der Waals surface area (Å²) in [4.78, 5) is 4.60. The Labute approximate surface area is 105 Å². The van der Waals surface area contributed by atoms with Crippen molar-refractivity contribution >= 4 is 23.3 Å². The molecule has 1 unspecified atom stereocenters. The van der Waals surface area contributed by atoms with Gasteiger partial charge in [-0.2, -0.15) is 4.20 Å². The van der Waals surface area contributed by atoms with E-state index in [1.807, 2.05) is 4.52 Å². The van der Waals surface area contributed by atoms with Crippen molar-refractivity contribution in [3.8, 4) is 5.75 Å². The van der Waals surface area contributed by atoms with Gasteiger partial charge < -0.3 is 4.84 Å². The number of hydrogen-bond acceptors (Lipinski definition) is 5. The van der Waals surface area contributed by atoms with Gasteiger partial charge in [0.05, 0.1) is 0 Å². The SMILES string of the molecule is FP1(F)=NP(F)(F)=NP(F)(NOc2ccccc2)=N1. The number of benzene rings is 1. The van der Waals surface area contributed by atoms with Gasteiger partial charge in [0.2, 0.25) is 0 Å². The first kappa shape index (κ1) is 14.7. The van der Waals surface area contributed by atoms with Crippen LogP contribution in [0.2, 0.25) is 0 Å². The van der Waals surface area contributed by atoms with Crippen molar-refractivity contribution in [2.45, 2.75) is 0 Å². The highest BCUT2D eigenvalue weighted by Gasteiger charge is 2.39. The molecule has 1 heterocycles. The first-order valence-electron chi connectivity index (χ1n) is 4.59. The van der Waals surface area contributed by atoms with E-state index in [2.05, 4.69) is 13.9 Å². The molecule has 2 rings (SSSR count). The van der Waals surface area contributed by atoms with Crippen LogP contribution in [0, 0.1) is 0 Å². The number of nitrogens with zero attached hydrogens (tertiary/aromatic N) is 3. The van der Waals surface area contributed by atoms with Gasteiger partial charge in [0.25, 0.3) is 0 Å². The highest BCUT2D eigenvalue weighted by molar-refractivity contribution is 7.78. The van der Waals surface area contributed by atoms with Crippen molar-refractivity contribution in [2.24, 2.45) is 13.5 Å². The molecule has 106 valence electrons. The summed E-state index contributed by atoms with van der Waals surface area (Å²) in [6.45, 7) is 0. The third-order valence-corrected chi connectivity index (χ3v) is 7.35. The fourth-order valence-corrected chi connectivity index (χ4v) is 6.33. The quantitative estimate of drug-likeness (QED) is 0.401. The summed E-state index contributed by atoms with van der Waals surface area (Å²) in [5, 5.41) is 1.47. The Morgan fingerprint density at radius 3 is 2.00 bits per heavy atom. The van der Waals surface area contributed by atoms with Crippen LogP contribution in [0.15, 0.2) is 43.9 Å². The molecule has 1 aliphatic heterocycles. The molecule has 1 aliphatic rings. The third kappa shape index (κ3) is 4.14. The standard InChI is InChI=1S/C6H6F5N4OP3/c7-17(8)13-18(9,10)15-19(11,14-17)12-16-6-4-2-1-3-5-6/h1-5,12H. The summed E-state index contributed by atoms with van der Waals surface area (Å²) in [5.41, 5.74) is 0. The van der Waals surface area contributed by atoms with Gasteiger partial charge in [-0.25, -0.2) is 0 Å². The number of hydrogen-bond donors (Lipinski definition) is 1. The van der Waals surface area contributed by atoms with E-state index < -0.39 is 23.3 Å². The van der Waals surface area contributed by atoms with Crippen LogP contribution < -0.4 is 10.1 Å². The molecular weight excluding hydrogens is 332 g/mol. The van der Waals surface area contributed by atoms with Crippen LogP contribution >= 0.6 is 23.3 Å². The first-order chi connectivity index (χ1) is 8.70. The predicted molar refractivity (Wildman–Crippen MR) is 63.8 cm³/mol. The van der Waals surface area contributed by atoms with Crippen molar-refractivity contribution in [2.75, 3.05) is 0 Å². The van der Waals surface area contributed by atoms with Crippen LogP contribution in [0.3, 0.4) is 0 Å². The van der Waals surface area contributed by atoms with Gasteiger partial charge >= 0.3 is 23.3 Å². The molecule has 1 aromatic rings. The van der Waals surface area contributed by atoms with Crippen LogP contribution in [0.1, 0.15) is 0 Å². The van der Waals surface area contributed by atoms with Crippen molar-refractivity contribution in [3.63, 3.8) is 0 Å². The molecule has 0 radical (unpaired) electrons. The fourth-order valence-electron chi connectivity index (χ4n) is 1.10. The molecule has 0 aliphatic carbocycles. The Bertz CT molecular complexity index is 630. The second kappa shape index (κ2) is 5.02. The molecule has 0 bridgehead atoms. The second-order valence-electron chi connectivity index (χ2n) is 3.21. The van der Waals surface area contributed by atoms with Gasteiger partial charge in [-0.3, -0.25) is 0 Å². The van der Waals surface area contributed by atoms with E-state index in [4.69, 9.17) is 0 Å². The molecule has 0 saturated heterocycles. The molecule has 0 amide bonds. The van der Waals surface area contributed by atoms with Crippen molar-refractivity contribution in [1.29, 1.82) is 0 Å². The Hall–Kier alpha value is -0.680. The molecule has 5 nitrogen and oxygen atoms in total. The normalized spacial score (nSPS) is 27.6. The monoisotopic (exact) mass is 338 g/mol. The van der Waals surface area contributed by atoms with E-state index in [-0.39, 0.29) is 5.75 Å². The lowest BCUT2D eigenvalue weighted by Crippen LogP contribution is -2.12. The summed E-state index contributed by atoms with van der Waals surface area (Å²) in [5.74, 6) is 0.0516. The zero-order valence-electron chi connectivity index (χ0n) is 8.87. The second-order valence-corrected chi connectivity index (χ2v) is 8.41. The number of para-hydroxylation sites is 1. The summed E-state index contributed by atoms with van der Waals surface area (Å²) < 4.78 is 72.0. The Balaban J connectivity index is 2.27. The molecule has 0 aromatic heterocycles. The maximum absolute atomic E-state index is 13.8. The van der Waals surface area contributed by atoms with E-state index >= 15 is 0 Å². The molecular formula is C6H6F5N4OP3. The fraction of sp³-hybridized carbons (Fsp3) is 0. The van der Waals surface area contributed by atoms with Gasteiger partial charge in [-0.15, -0.1) is 30.3 Å². The molecule has 1 N–H and O–H groups in total.